The summed E-state index contributed by atoms with van der Waals surface area (Å²) in [6.45, 7) is 3.50. The van der Waals surface area contributed by atoms with Crippen molar-refractivity contribution < 1.29 is 19.4 Å². The van der Waals surface area contributed by atoms with Gasteiger partial charge in [0.1, 0.15) is 5.54 Å². The molecule has 3 amide bonds. The predicted octanol–water partition coefficient (Wildman–Crippen LogP) is 1.55. The number of carbonyl (C=O) groups is 2. The van der Waals surface area contributed by atoms with E-state index in [0.29, 0.717) is 11.6 Å². The molecular weight excluding hydrogens is 308 g/mol. The molecule has 0 saturated carbocycles. The third kappa shape index (κ3) is 3.97. The lowest BCUT2D eigenvalue weighted by Gasteiger charge is -2.19. The second-order valence-corrected chi connectivity index (χ2v) is 6.20. The molecule has 6 nitrogen and oxygen atoms in total. The first-order valence-corrected chi connectivity index (χ1v) is 7.32. The van der Waals surface area contributed by atoms with Gasteiger partial charge in [-0.05, 0) is 31.5 Å². The minimum atomic E-state index is -0.934. The van der Waals surface area contributed by atoms with Crippen LogP contribution in [0.3, 0.4) is 0 Å². The van der Waals surface area contributed by atoms with E-state index >= 15 is 0 Å². The molecule has 1 atom stereocenters. The number of aliphatic hydroxyl groups excluding tert-OH is 1. The topological polar surface area (TPSA) is 78.9 Å². The summed E-state index contributed by atoms with van der Waals surface area (Å²) >= 11 is 5.79. The van der Waals surface area contributed by atoms with Crippen molar-refractivity contribution in [3.63, 3.8) is 0 Å². The van der Waals surface area contributed by atoms with E-state index in [0.717, 1.165) is 10.5 Å². The number of hydrogen-bond acceptors (Lipinski definition) is 4. The molecule has 0 aromatic heterocycles. The first-order valence-electron chi connectivity index (χ1n) is 6.94. The van der Waals surface area contributed by atoms with E-state index in [2.05, 4.69) is 5.32 Å². The Bertz CT molecular complexity index is 559. The Labute approximate surface area is 134 Å². The van der Waals surface area contributed by atoms with Crippen LogP contribution in [-0.4, -0.2) is 46.7 Å². The minimum Gasteiger partial charge on any atom is -0.389 e. The lowest BCUT2D eigenvalue weighted by atomic mass is 10.1. The molecule has 1 fully saturated rings. The Morgan fingerprint density at radius 2 is 1.95 bits per heavy atom. The molecule has 0 spiro atoms. The van der Waals surface area contributed by atoms with Gasteiger partial charge in [0, 0.05) is 5.02 Å². The maximum absolute atomic E-state index is 12.0. The average Bonchev–Trinajstić information content (AvgIpc) is 2.63. The molecule has 22 heavy (non-hydrogen) atoms. The van der Waals surface area contributed by atoms with E-state index in [1.54, 1.807) is 26.0 Å². The quantitative estimate of drug-likeness (QED) is 0.777. The first-order chi connectivity index (χ1) is 10.3. The third-order valence-corrected chi connectivity index (χ3v) is 3.58. The second kappa shape index (κ2) is 6.64. The molecule has 1 aliphatic heterocycles. The molecule has 1 aromatic carbocycles. The molecule has 1 saturated heterocycles. The van der Waals surface area contributed by atoms with Crippen molar-refractivity contribution in [2.75, 3.05) is 13.2 Å². The van der Waals surface area contributed by atoms with Crippen LogP contribution in [0.15, 0.2) is 24.3 Å². The molecule has 1 aliphatic rings. The van der Waals surface area contributed by atoms with Crippen molar-refractivity contribution in [3.05, 3.63) is 34.9 Å². The molecule has 1 aromatic rings. The van der Waals surface area contributed by atoms with Gasteiger partial charge in [0.25, 0.3) is 5.91 Å². The van der Waals surface area contributed by atoms with Crippen molar-refractivity contribution in [2.24, 2.45) is 0 Å². The highest BCUT2D eigenvalue weighted by atomic mass is 35.5. The number of ether oxygens (including phenoxy) is 1. The Morgan fingerprint density at radius 1 is 1.32 bits per heavy atom. The number of β-amino-alcohol motifs (C(OH)–C–C–N with tert-alkyl or cyclic N) is 1. The van der Waals surface area contributed by atoms with Crippen LogP contribution in [0.1, 0.15) is 19.4 Å². The fraction of sp³-hybridized carbons (Fsp3) is 0.467. The van der Waals surface area contributed by atoms with Crippen LogP contribution in [0.4, 0.5) is 4.79 Å². The van der Waals surface area contributed by atoms with Gasteiger partial charge in [-0.2, -0.15) is 0 Å². The molecule has 2 N–H and O–H groups in total. The van der Waals surface area contributed by atoms with E-state index in [-0.39, 0.29) is 19.1 Å². The fourth-order valence-electron chi connectivity index (χ4n) is 2.14. The Morgan fingerprint density at radius 3 is 2.50 bits per heavy atom. The van der Waals surface area contributed by atoms with Gasteiger partial charge in [0.2, 0.25) is 0 Å². The van der Waals surface area contributed by atoms with Crippen molar-refractivity contribution in [1.29, 1.82) is 0 Å². The summed E-state index contributed by atoms with van der Waals surface area (Å²) in [7, 11) is 0. The predicted molar refractivity (Wildman–Crippen MR) is 81.4 cm³/mol. The van der Waals surface area contributed by atoms with Crippen LogP contribution >= 0.6 is 11.6 Å². The SMILES string of the molecule is CC1(C)NC(=O)N(CC(O)COCc2ccc(Cl)cc2)C1=O. The maximum atomic E-state index is 12.0. The monoisotopic (exact) mass is 326 g/mol. The number of hydrogen-bond donors (Lipinski definition) is 2. The van der Waals surface area contributed by atoms with Crippen molar-refractivity contribution >= 4 is 23.5 Å². The molecule has 1 unspecified atom stereocenters. The van der Waals surface area contributed by atoms with Crippen LogP contribution < -0.4 is 5.32 Å². The van der Waals surface area contributed by atoms with Gasteiger partial charge >= 0.3 is 6.03 Å². The third-order valence-electron chi connectivity index (χ3n) is 3.33. The highest BCUT2D eigenvalue weighted by molar-refractivity contribution is 6.30. The van der Waals surface area contributed by atoms with Gasteiger partial charge in [-0.3, -0.25) is 9.69 Å². The second-order valence-electron chi connectivity index (χ2n) is 5.77. The van der Waals surface area contributed by atoms with Crippen molar-refractivity contribution in [1.82, 2.24) is 10.2 Å². The van der Waals surface area contributed by atoms with Gasteiger partial charge in [0.05, 0.1) is 25.9 Å². The summed E-state index contributed by atoms with van der Waals surface area (Å²) in [4.78, 5) is 24.7. The lowest BCUT2D eigenvalue weighted by Crippen LogP contribution is -2.42. The smallest absolute Gasteiger partial charge is 0.325 e. The Kier molecular flexibility index (Phi) is 5.05. The van der Waals surface area contributed by atoms with Crippen LogP contribution in [-0.2, 0) is 16.1 Å². The van der Waals surface area contributed by atoms with E-state index in [1.165, 1.54) is 0 Å². The summed E-state index contributed by atoms with van der Waals surface area (Å²) in [5.74, 6) is -0.353. The average molecular weight is 327 g/mol. The number of urea groups is 1. The summed E-state index contributed by atoms with van der Waals surface area (Å²) in [6.07, 6.45) is -0.934. The largest absolute Gasteiger partial charge is 0.389 e. The van der Waals surface area contributed by atoms with Gasteiger partial charge in [0.15, 0.2) is 0 Å². The molecule has 1 heterocycles. The van der Waals surface area contributed by atoms with Crippen molar-refractivity contribution in [2.45, 2.75) is 32.1 Å². The summed E-state index contributed by atoms with van der Waals surface area (Å²) in [5, 5.41) is 13.1. The van der Waals surface area contributed by atoms with Gasteiger partial charge < -0.3 is 15.2 Å². The number of halogens is 1. The molecule has 0 aliphatic carbocycles. The molecule has 0 radical (unpaired) electrons. The number of aliphatic hydroxyl groups is 1. The van der Waals surface area contributed by atoms with Gasteiger partial charge in [-0.25, -0.2) is 4.79 Å². The molecule has 2 rings (SSSR count). The van der Waals surface area contributed by atoms with Gasteiger partial charge in [-0.15, -0.1) is 0 Å². The van der Waals surface area contributed by atoms with E-state index in [4.69, 9.17) is 16.3 Å². The highest BCUT2D eigenvalue weighted by Crippen LogP contribution is 2.17. The molecule has 120 valence electrons. The molecular formula is C15H19ClN2O4. The van der Waals surface area contributed by atoms with Crippen LogP contribution in [0.25, 0.3) is 0 Å². The number of imide groups is 1. The number of amides is 3. The summed E-state index contributed by atoms with van der Waals surface area (Å²) in [5.41, 5.74) is -0.00578. The highest BCUT2D eigenvalue weighted by Gasteiger charge is 2.44. The maximum Gasteiger partial charge on any atom is 0.325 e. The van der Waals surface area contributed by atoms with Crippen LogP contribution in [0, 0.1) is 0 Å². The number of benzene rings is 1. The first kappa shape index (κ1) is 16.7. The molecule has 0 bridgehead atoms. The standard InChI is InChI=1S/C15H19ClN2O4/c1-15(2)13(20)18(14(21)17-15)7-12(19)9-22-8-10-3-5-11(16)6-4-10/h3-6,12,19H,7-9H2,1-2H3,(H,17,21). The van der Waals surface area contributed by atoms with E-state index in [1.807, 2.05) is 12.1 Å². The van der Waals surface area contributed by atoms with E-state index in [9.17, 15) is 14.7 Å². The Balaban J connectivity index is 1.78. The lowest BCUT2D eigenvalue weighted by molar-refractivity contribution is -0.131. The normalized spacial score (nSPS) is 18.5. The fourth-order valence-corrected chi connectivity index (χ4v) is 2.27. The molecule has 7 heteroatoms. The van der Waals surface area contributed by atoms with Gasteiger partial charge in [-0.1, -0.05) is 23.7 Å². The zero-order valence-corrected chi connectivity index (χ0v) is 13.3. The Hall–Kier alpha value is -1.63. The summed E-state index contributed by atoms with van der Waals surface area (Å²) < 4.78 is 5.39. The number of nitrogens with zero attached hydrogens (tertiary/aromatic N) is 1. The zero-order chi connectivity index (χ0) is 16.3. The zero-order valence-electron chi connectivity index (χ0n) is 12.5. The minimum absolute atomic E-state index is 0.0279. The summed E-state index contributed by atoms with van der Waals surface area (Å²) in [6, 6.07) is 6.67. The number of nitrogens with one attached hydrogen (secondary N) is 1. The van der Waals surface area contributed by atoms with Crippen molar-refractivity contribution in [3.8, 4) is 0 Å². The number of carbonyl (C=O) groups excluding carboxylic acids is 2. The number of rotatable bonds is 6. The van der Waals surface area contributed by atoms with Crippen LogP contribution in [0.2, 0.25) is 5.02 Å². The van der Waals surface area contributed by atoms with E-state index < -0.39 is 17.7 Å². The van der Waals surface area contributed by atoms with Crippen LogP contribution in [0.5, 0.6) is 0 Å².